The lowest BCUT2D eigenvalue weighted by molar-refractivity contribution is 0.0933. The number of carbonyl (C=O) groups excluding carboxylic acids is 1. The second-order valence-electron chi connectivity index (χ2n) is 6.61. The monoisotopic (exact) mass is 368 g/mol. The van der Waals surface area contributed by atoms with Crippen molar-refractivity contribution in [1.29, 1.82) is 0 Å². The van der Waals surface area contributed by atoms with Crippen LogP contribution in [-0.2, 0) is 19.5 Å². The Hall–Kier alpha value is -3.20. The number of amides is 1. The average molecular weight is 368 g/mol. The van der Waals surface area contributed by atoms with E-state index in [9.17, 15) is 9.59 Å². The molecule has 0 saturated heterocycles. The molecule has 1 aliphatic rings. The zero-order valence-electron chi connectivity index (χ0n) is 14.9. The van der Waals surface area contributed by atoms with Gasteiger partial charge in [-0.1, -0.05) is 24.3 Å². The van der Waals surface area contributed by atoms with Crippen molar-refractivity contribution < 1.29 is 9.21 Å². The lowest BCUT2D eigenvalue weighted by Crippen LogP contribution is -2.30. The van der Waals surface area contributed by atoms with Crippen LogP contribution in [0.3, 0.4) is 0 Å². The molecule has 1 aliphatic heterocycles. The van der Waals surface area contributed by atoms with Gasteiger partial charge in [0.15, 0.2) is 11.5 Å². The molecular formula is C18H20N6O3. The largest absolute Gasteiger partial charge is 0.447 e. The Morgan fingerprint density at radius 2 is 2.19 bits per heavy atom. The Kier molecular flexibility index (Phi) is 4.59. The van der Waals surface area contributed by atoms with Crippen molar-refractivity contribution in [1.82, 2.24) is 30.4 Å². The fourth-order valence-electron chi connectivity index (χ4n) is 3.20. The number of aromatic amines is 2. The molecular weight excluding hydrogens is 348 g/mol. The topological polar surface area (TPSA) is 120 Å². The molecule has 2 aromatic heterocycles. The number of fused-ring (bicyclic) bond motifs is 1. The fraction of sp³-hybridized carbons (Fsp3) is 0.333. The van der Waals surface area contributed by atoms with Gasteiger partial charge in [0.05, 0.1) is 12.6 Å². The Balaban J connectivity index is 1.37. The third kappa shape index (κ3) is 3.82. The van der Waals surface area contributed by atoms with Crippen LogP contribution in [0.1, 0.15) is 46.3 Å². The van der Waals surface area contributed by atoms with E-state index < -0.39 is 11.7 Å². The molecule has 3 aromatic rings. The Morgan fingerprint density at radius 3 is 2.96 bits per heavy atom. The van der Waals surface area contributed by atoms with E-state index in [4.69, 9.17) is 4.42 Å². The molecule has 0 spiro atoms. The Labute approximate surface area is 154 Å². The summed E-state index contributed by atoms with van der Waals surface area (Å²) in [6.07, 6.45) is 2.34. The van der Waals surface area contributed by atoms with E-state index in [2.05, 4.69) is 48.6 Å². The van der Waals surface area contributed by atoms with Gasteiger partial charge in [0, 0.05) is 13.1 Å². The third-order valence-electron chi connectivity index (χ3n) is 4.63. The van der Waals surface area contributed by atoms with Crippen molar-refractivity contribution >= 4 is 5.91 Å². The highest BCUT2D eigenvalue weighted by atomic mass is 16.3. The van der Waals surface area contributed by atoms with Gasteiger partial charge >= 0.3 is 5.69 Å². The fourth-order valence-corrected chi connectivity index (χ4v) is 3.20. The first-order chi connectivity index (χ1) is 13.1. The maximum Gasteiger partial charge on any atom is 0.340 e. The minimum absolute atomic E-state index is 0.201. The van der Waals surface area contributed by atoms with Crippen molar-refractivity contribution in [2.45, 2.75) is 32.5 Å². The maximum absolute atomic E-state index is 12.3. The number of oxazole rings is 1. The van der Waals surface area contributed by atoms with Crippen molar-refractivity contribution in [3.8, 4) is 0 Å². The summed E-state index contributed by atoms with van der Waals surface area (Å²) in [6, 6.07) is 7.94. The minimum Gasteiger partial charge on any atom is -0.447 e. The van der Waals surface area contributed by atoms with Gasteiger partial charge in [0.2, 0.25) is 5.89 Å². The summed E-state index contributed by atoms with van der Waals surface area (Å²) in [5.74, 6) is 0.467. The van der Waals surface area contributed by atoms with Gasteiger partial charge < -0.3 is 9.73 Å². The van der Waals surface area contributed by atoms with Gasteiger partial charge in [-0.2, -0.15) is 5.10 Å². The van der Waals surface area contributed by atoms with E-state index in [0.29, 0.717) is 18.3 Å². The summed E-state index contributed by atoms with van der Waals surface area (Å²) in [4.78, 5) is 32.5. The first-order valence-electron chi connectivity index (χ1n) is 8.77. The Morgan fingerprint density at radius 1 is 1.37 bits per heavy atom. The molecule has 9 nitrogen and oxygen atoms in total. The number of carbonyl (C=O) groups is 1. The summed E-state index contributed by atoms with van der Waals surface area (Å²) in [5.41, 5.74) is 2.48. The summed E-state index contributed by atoms with van der Waals surface area (Å²) in [7, 11) is 0. The third-order valence-corrected chi connectivity index (χ3v) is 4.63. The zero-order chi connectivity index (χ0) is 18.8. The maximum atomic E-state index is 12.3. The molecule has 140 valence electrons. The minimum atomic E-state index is -0.463. The molecule has 4 rings (SSSR count). The molecule has 0 fully saturated rings. The van der Waals surface area contributed by atoms with E-state index in [-0.39, 0.29) is 11.6 Å². The summed E-state index contributed by atoms with van der Waals surface area (Å²) in [6.45, 7) is 4.02. The highest BCUT2D eigenvalue weighted by Gasteiger charge is 2.20. The van der Waals surface area contributed by atoms with Crippen LogP contribution in [0.4, 0.5) is 0 Å². The number of nitrogens with zero attached hydrogens (tertiary/aromatic N) is 3. The standard InChI is InChI=1S/C18H20N6O3/c1-11(16-21-18(26)23-22-16)19-17(25)14-10-27-15(20-14)9-24-7-6-12-4-2-3-5-13(12)8-24/h2-5,10-11H,6-9H2,1H3,(H,19,25)(H2,21,22,23,26)/t11-/m1/s1. The van der Waals surface area contributed by atoms with Crippen molar-refractivity contribution in [3.63, 3.8) is 0 Å². The number of H-pyrrole nitrogens is 2. The SMILES string of the molecule is C[C@@H](NC(=O)c1coc(CN2CCc3ccccc3C2)n1)c1n[nH]c(=O)[nH]1. The van der Waals surface area contributed by atoms with E-state index in [1.807, 2.05) is 6.07 Å². The lowest BCUT2D eigenvalue weighted by Gasteiger charge is -2.27. The lowest BCUT2D eigenvalue weighted by atomic mass is 10.00. The zero-order valence-corrected chi connectivity index (χ0v) is 14.9. The number of nitrogens with one attached hydrogen (secondary N) is 3. The van der Waals surface area contributed by atoms with Crippen LogP contribution >= 0.6 is 0 Å². The van der Waals surface area contributed by atoms with E-state index in [1.54, 1.807) is 6.92 Å². The number of hydrogen-bond donors (Lipinski definition) is 3. The smallest absolute Gasteiger partial charge is 0.340 e. The van der Waals surface area contributed by atoms with Crippen molar-refractivity contribution in [2.24, 2.45) is 0 Å². The van der Waals surface area contributed by atoms with Crippen LogP contribution in [0.15, 0.2) is 39.7 Å². The predicted octanol–water partition coefficient (Wildman–Crippen LogP) is 1.14. The first-order valence-corrected chi connectivity index (χ1v) is 8.77. The second-order valence-corrected chi connectivity index (χ2v) is 6.61. The van der Waals surface area contributed by atoms with E-state index in [1.165, 1.54) is 17.4 Å². The van der Waals surface area contributed by atoms with Gasteiger partial charge in [0.1, 0.15) is 6.26 Å². The molecule has 3 heterocycles. The van der Waals surface area contributed by atoms with Gasteiger partial charge in [-0.05, 0) is 24.5 Å². The molecule has 3 N–H and O–H groups in total. The van der Waals surface area contributed by atoms with E-state index in [0.717, 1.165) is 19.5 Å². The molecule has 1 aromatic carbocycles. The van der Waals surface area contributed by atoms with Crippen LogP contribution in [0, 0.1) is 0 Å². The van der Waals surface area contributed by atoms with Crippen LogP contribution in [0.2, 0.25) is 0 Å². The van der Waals surface area contributed by atoms with Crippen molar-refractivity contribution in [3.05, 3.63) is 69.5 Å². The van der Waals surface area contributed by atoms with Gasteiger partial charge in [-0.15, -0.1) is 0 Å². The summed E-state index contributed by atoms with van der Waals surface area (Å²) in [5, 5.41) is 8.80. The molecule has 1 atom stereocenters. The molecule has 1 amide bonds. The van der Waals surface area contributed by atoms with Crippen LogP contribution < -0.4 is 11.0 Å². The normalized spacial score (nSPS) is 15.3. The highest BCUT2D eigenvalue weighted by Crippen LogP contribution is 2.20. The molecule has 0 unspecified atom stereocenters. The predicted molar refractivity (Wildman–Crippen MR) is 95.9 cm³/mol. The Bertz CT molecular complexity index is 1000. The number of aromatic nitrogens is 4. The highest BCUT2D eigenvalue weighted by molar-refractivity contribution is 5.92. The van der Waals surface area contributed by atoms with Crippen molar-refractivity contribution in [2.75, 3.05) is 6.54 Å². The van der Waals surface area contributed by atoms with Gasteiger partial charge in [0.25, 0.3) is 5.91 Å². The first kappa shape index (κ1) is 17.2. The molecule has 9 heteroatoms. The molecule has 0 aliphatic carbocycles. The molecule has 0 radical (unpaired) electrons. The number of hydrogen-bond acceptors (Lipinski definition) is 6. The van der Waals surface area contributed by atoms with Crippen LogP contribution in [0.25, 0.3) is 0 Å². The van der Waals surface area contributed by atoms with Crippen LogP contribution in [-0.4, -0.2) is 37.5 Å². The summed E-state index contributed by atoms with van der Waals surface area (Å²) >= 11 is 0. The quantitative estimate of drug-likeness (QED) is 0.621. The second kappa shape index (κ2) is 7.20. The van der Waals surface area contributed by atoms with E-state index >= 15 is 0 Å². The summed E-state index contributed by atoms with van der Waals surface area (Å²) < 4.78 is 5.47. The molecule has 0 saturated carbocycles. The average Bonchev–Trinajstić information content (AvgIpc) is 3.31. The van der Waals surface area contributed by atoms with Gasteiger partial charge in [-0.25, -0.2) is 14.9 Å². The van der Waals surface area contributed by atoms with Crippen LogP contribution in [0.5, 0.6) is 0 Å². The number of benzene rings is 1. The molecule has 27 heavy (non-hydrogen) atoms. The van der Waals surface area contributed by atoms with Gasteiger partial charge in [-0.3, -0.25) is 14.7 Å². The molecule has 0 bridgehead atoms. The number of rotatable bonds is 5.